The Hall–Kier alpha value is -0.940. The van der Waals surface area contributed by atoms with Crippen LogP contribution in [0.5, 0.6) is 0 Å². The van der Waals surface area contributed by atoms with Crippen LogP contribution in [0.25, 0.3) is 0 Å². The Morgan fingerprint density at radius 2 is 1.27 bits per heavy atom. The van der Waals surface area contributed by atoms with Crippen LogP contribution in [0.4, 0.5) is 0 Å². The maximum atomic E-state index is 12.3. The third-order valence-corrected chi connectivity index (χ3v) is 5.37. The lowest BCUT2D eigenvalue weighted by atomic mass is 10.0. The van der Waals surface area contributed by atoms with E-state index < -0.39 is 29.5 Å². The van der Waals surface area contributed by atoms with Gasteiger partial charge in [-0.05, 0) is 6.42 Å². The van der Waals surface area contributed by atoms with Gasteiger partial charge in [0.05, 0.1) is 18.2 Å². The summed E-state index contributed by atoms with van der Waals surface area (Å²) in [5.74, 6) is -1.86. The van der Waals surface area contributed by atoms with Crippen LogP contribution >= 0.6 is 0 Å². The number of unbranched alkanes of at least 4 members (excludes halogenated alkanes) is 14. The molecule has 0 radical (unpaired) electrons. The van der Waals surface area contributed by atoms with Gasteiger partial charge in [0.15, 0.2) is 5.78 Å². The van der Waals surface area contributed by atoms with E-state index in [4.69, 9.17) is 4.11 Å². The number of Topliss-reactive ketones (excluding diaryl/α,β-unsaturated/α-hetero) is 1. The Morgan fingerprint density at radius 3 is 1.67 bits per heavy atom. The average Bonchev–Trinajstić information content (AvgIpc) is 2.69. The van der Waals surface area contributed by atoms with E-state index in [0.717, 1.165) is 19.3 Å². The van der Waals surface area contributed by atoms with Gasteiger partial charge < -0.3 is 19.5 Å². The molecule has 178 valence electrons. The third kappa shape index (κ3) is 20.3. The fourth-order valence-electron chi connectivity index (χ4n) is 3.78. The lowest BCUT2D eigenvalue weighted by Crippen LogP contribution is -2.49. The van der Waals surface area contributed by atoms with Gasteiger partial charge in [0, 0.05) is 18.8 Å². The van der Waals surface area contributed by atoms with Crippen LogP contribution in [0.2, 0.25) is 0 Å². The first kappa shape index (κ1) is 23.7. The predicted octanol–water partition coefficient (Wildman–Crippen LogP) is 4.39. The molecule has 0 spiro atoms. The molecule has 0 heterocycles. The Bertz CT molecular complexity index is 554. The molecule has 0 saturated heterocycles. The molecular formula is C25H49NO4. The smallest absolute Gasteiger partial charge is 0.186 e. The van der Waals surface area contributed by atoms with Crippen molar-refractivity contribution in [3.05, 3.63) is 0 Å². The second kappa shape index (κ2) is 18.8. The van der Waals surface area contributed by atoms with Gasteiger partial charge in [-0.15, -0.1) is 0 Å². The predicted molar refractivity (Wildman–Crippen MR) is 122 cm³/mol. The molecule has 0 amide bonds. The third-order valence-electron chi connectivity index (χ3n) is 5.37. The molecule has 0 aliphatic carbocycles. The first-order valence-electron chi connectivity index (χ1n) is 13.6. The number of quaternary nitrogens is 1. The second-order valence-corrected chi connectivity index (χ2v) is 9.19. The van der Waals surface area contributed by atoms with Gasteiger partial charge in [0.25, 0.3) is 0 Å². The number of carbonyl (C=O) groups excluding carboxylic acids is 2. The Labute approximate surface area is 190 Å². The van der Waals surface area contributed by atoms with E-state index >= 15 is 0 Å². The zero-order valence-electron chi connectivity index (χ0n) is 22.8. The van der Waals surface area contributed by atoms with Crippen molar-refractivity contribution in [2.45, 2.75) is 122 Å². The van der Waals surface area contributed by atoms with Crippen molar-refractivity contribution in [1.29, 1.82) is 0 Å². The molecule has 0 aliphatic heterocycles. The summed E-state index contributed by atoms with van der Waals surface area (Å²) in [5, 5.41) is 20.8. The van der Waals surface area contributed by atoms with Crippen molar-refractivity contribution < 1.29 is 28.4 Å². The second-order valence-electron chi connectivity index (χ2n) is 9.19. The summed E-state index contributed by atoms with van der Waals surface area (Å²) in [4.78, 5) is 23.1. The summed E-state index contributed by atoms with van der Waals surface area (Å²) in [5.41, 5.74) is 0. The molecule has 0 bridgehead atoms. The molecule has 1 N–H and O–H groups in total. The average molecular weight is 431 g/mol. The number of hydrogen-bond acceptors (Lipinski definition) is 4. The monoisotopic (exact) mass is 430 g/mol. The van der Waals surface area contributed by atoms with Crippen LogP contribution < -0.4 is 5.11 Å². The van der Waals surface area contributed by atoms with Crippen LogP contribution in [-0.2, 0) is 9.59 Å². The summed E-state index contributed by atoms with van der Waals surface area (Å²) in [6.07, 6.45) is 14.9. The quantitative estimate of drug-likeness (QED) is 0.204. The number of nitrogens with zero attached hydrogens (tertiary/aromatic N) is 1. The number of carboxylic acids is 1. The molecule has 1 atom stereocenters. The molecular weight excluding hydrogens is 378 g/mol. The topological polar surface area (TPSA) is 77.4 Å². The highest BCUT2D eigenvalue weighted by atomic mass is 16.4. The van der Waals surface area contributed by atoms with Crippen molar-refractivity contribution in [3.63, 3.8) is 0 Å². The van der Waals surface area contributed by atoms with Crippen molar-refractivity contribution in [1.82, 2.24) is 0 Å². The number of carboxylic acid groups (broad SMARTS) is 1. The minimum Gasteiger partial charge on any atom is -0.550 e. The Morgan fingerprint density at radius 1 is 0.867 bits per heavy atom. The van der Waals surface area contributed by atoms with Gasteiger partial charge in [0.2, 0.25) is 0 Å². The molecule has 0 unspecified atom stereocenters. The standard InChI is InChI=1S/C25H49NO4/c1-4-5-6-7-8-9-10-11-12-13-14-15-16-17-18-19-23(27)21-26(2,3)22-24(28)20-25(29)30/h24,28H,4-22H2,1-3H3/t24-/m1/s1/i22D2,24D. The van der Waals surface area contributed by atoms with Crippen LogP contribution in [0.1, 0.15) is 120 Å². The van der Waals surface area contributed by atoms with Gasteiger partial charge in [0.1, 0.15) is 19.1 Å². The summed E-state index contributed by atoms with van der Waals surface area (Å²) in [6.45, 7) is -0.603. The summed E-state index contributed by atoms with van der Waals surface area (Å²) in [6, 6.07) is 0. The number of rotatable bonds is 22. The van der Waals surface area contributed by atoms with Crippen LogP contribution in [0, 0.1) is 0 Å². The summed E-state index contributed by atoms with van der Waals surface area (Å²) in [7, 11) is 2.78. The largest absolute Gasteiger partial charge is 0.550 e. The molecule has 0 fully saturated rings. The van der Waals surface area contributed by atoms with Crippen molar-refractivity contribution >= 4 is 11.8 Å². The molecule has 0 aromatic carbocycles. The number of likely N-dealkylation sites (N-methyl/N-ethyl adjacent to an activating group) is 1. The normalized spacial score (nSPS) is 15.8. The van der Waals surface area contributed by atoms with E-state index in [1.807, 2.05) is 0 Å². The zero-order valence-corrected chi connectivity index (χ0v) is 19.8. The SMILES string of the molecule is [2H]C([2H])([C@]([2H])(O)CC(=O)[O-])[N+](C)(C)CC(=O)CCCCCCCCCCCCCCCCC. The van der Waals surface area contributed by atoms with E-state index in [0.29, 0.717) is 6.42 Å². The fraction of sp³-hybridized carbons (Fsp3) is 0.920. The molecule has 5 heteroatoms. The first-order chi connectivity index (χ1) is 15.4. The molecule has 0 aromatic heterocycles. The number of carbonyl (C=O) groups is 2. The molecule has 0 rings (SSSR count). The van der Waals surface area contributed by atoms with Gasteiger partial charge >= 0.3 is 0 Å². The summed E-state index contributed by atoms with van der Waals surface area (Å²) >= 11 is 0. The van der Waals surface area contributed by atoms with Crippen molar-refractivity contribution in [3.8, 4) is 0 Å². The number of aliphatic hydroxyl groups is 1. The highest BCUT2D eigenvalue weighted by molar-refractivity contribution is 5.79. The molecule has 0 saturated carbocycles. The molecule has 0 aromatic rings. The highest BCUT2D eigenvalue weighted by Gasteiger charge is 2.23. The lowest BCUT2D eigenvalue weighted by molar-refractivity contribution is -0.885. The Kier molecular flexibility index (Phi) is 14.9. The minimum atomic E-state index is -2.88. The lowest BCUT2D eigenvalue weighted by Gasteiger charge is -2.31. The van der Waals surface area contributed by atoms with E-state index in [9.17, 15) is 19.8 Å². The maximum Gasteiger partial charge on any atom is 0.186 e. The molecule has 5 nitrogen and oxygen atoms in total. The van der Waals surface area contributed by atoms with E-state index in [-0.39, 0.29) is 12.3 Å². The van der Waals surface area contributed by atoms with Crippen molar-refractivity contribution in [2.75, 3.05) is 27.1 Å². The van der Waals surface area contributed by atoms with Gasteiger partial charge in [-0.2, -0.15) is 0 Å². The van der Waals surface area contributed by atoms with Crippen LogP contribution in [0.15, 0.2) is 0 Å². The first-order valence-corrected chi connectivity index (χ1v) is 12.1. The number of hydrogen-bond donors (Lipinski definition) is 1. The molecule has 0 aliphatic rings. The zero-order chi connectivity index (χ0) is 25.4. The minimum absolute atomic E-state index is 0.150. The van der Waals surface area contributed by atoms with Crippen LogP contribution in [0.3, 0.4) is 0 Å². The van der Waals surface area contributed by atoms with Crippen LogP contribution in [-0.4, -0.2) is 54.6 Å². The van der Waals surface area contributed by atoms with E-state index in [1.54, 1.807) is 0 Å². The summed E-state index contributed by atoms with van der Waals surface area (Å²) < 4.78 is 23.2. The van der Waals surface area contributed by atoms with Gasteiger partial charge in [-0.1, -0.05) is 96.8 Å². The highest BCUT2D eigenvalue weighted by Crippen LogP contribution is 2.14. The fourth-order valence-corrected chi connectivity index (χ4v) is 3.78. The number of aliphatic carboxylic acids is 1. The molecule has 30 heavy (non-hydrogen) atoms. The van der Waals surface area contributed by atoms with Gasteiger partial charge in [-0.3, -0.25) is 4.79 Å². The number of ketones is 1. The van der Waals surface area contributed by atoms with Crippen molar-refractivity contribution in [2.24, 2.45) is 0 Å². The van der Waals surface area contributed by atoms with Gasteiger partial charge in [-0.25, -0.2) is 0 Å². The van der Waals surface area contributed by atoms with E-state index in [2.05, 4.69) is 6.92 Å². The Balaban J connectivity index is 3.88. The maximum absolute atomic E-state index is 12.3. The van der Waals surface area contributed by atoms with E-state index in [1.165, 1.54) is 91.1 Å².